The highest BCUT2D eigenvalue weighted by Crippen LogP contribution is 2.38. The molecule has 1 N–H and O–H groups in total. The first-order valence-corrected chi connectivity index (χ1v) is 9.02. The third kappa shape index (κ3) is 2.91. The van der Waals surface area contributed by atoms with Crippen LogP contribution in [0.4, 0.5) is 9.18 Å². The highest BCUT2D eigenvalue weighted by atomic mass is 19.1. The highest BCUT2D eigenvalue weighted by Gasteiger charge is 2.53. The van der Waals surface area contributed by atoms with Gasteiger partial charge in [0.05, 0.1) is 6.54 Å². The maximum atomic E-state index is 13.3. The Morgan fingerprint density at radius 3 is 2.59 bits per heavy atom. The number of Topliss-reactive ketones (excluding diaryl/α,β-unsaturated/α-hetero) is 1. The third-order valence-corrected chi connectivity index (χ3v) is 5.37. The van der Waals surface area contributed by atoms with Gasteiger partial charge in [0.1, 0.15) is 11.4 Å². The second-order valence-corrected chi connectivity index (χ2v) is 7.02. The number of fused-ring (bicyclic) bond motifs is 2. The summed E-state index contributed by atoms with van der Waals surface area (Å²) < 4.78 is 13.1. The number of rotatable bonds is 3. The minimum atomic E-state index is -1.10. The molecule has 27 heavy (non-hydrogen) atoms. The van der Waals surface area contributed by atoms with Crippen molar-refractivity contribution in [2.24, 2.45) is 0 Å². The predicted octanol–water partition coefficient (Wildman–Crippen LogP) is 3.18. The zero-order valence-corrected chi connectivity index (χ0v) is 14.7. The van der Waals surface area contributed by atoms with Crippen molar-refractivity contribution in [1.29, 1.82) is 0 Å². The Hall–Kier alpha value is -3.02. The summed E-state index contributed by atoms with van der Waals surface area (Å²) in [6.07, 6.45) is 3.11. The van der Waals surface area contributed by atoms with Gasteiger partial charge in [-0.15, -0.1) is 0 Å². The zero-order valence-electron chi connectivity index (χ0n) is 14.7. The van der Waals surface area contributed by atoms with Crippen LogP contribution in [-0.4, -0.2) is 29.2 Å². The van der Waals surface area contributed by atoms with E-state index in [0.29, 0.717) is 6.42 Å². The Bertz CT molecular complexity index is 925. The molecule has 1 heterocycles. The van der Waals surface area contributed by atoms with Gasteiger partial charge < -0.3 is 5.32 Å². The van der Waals surface area contributed by atoms with Crippen molar-refractivity contribution in [2.45, 2.75) is 31.2 Å². The molecular formula is C21H19FN2O3. The minimum absolute atomic E-state index is 0.263. The predicted molar refractivity (Wildman–Crippen MR) is 96.7 cm³/mol. The quantitative estimate of drug-likeness (QED) is 0.670. The van der Waals surface area contributed by atoms with Crippen molar-refractivity contribution >= 4 is 17.7 Å². The number of carbonyl (C=O) groups is 3. The third-order valence-electron chi connectivity index (χ3n) is 5.37. The maximum absolute atomic E-state index is 13.3. The van der Waals surface area contributed by atoms with Gasteiger partial charge in [-0.3, -0.25) is 14.5 Å². The van der Waals surface area contributed by atoms with E-state index in [-0.39, 0.29) is 12.1 Å². The first-order chi connectivity index (χ1) is 13.0. The largest absolute Gasteiger partial charge is 0.325 e. The standard InChI is InChI=1S/C21H19FN2O3/c22-16-10-8-15(9-11-16)18(25)13-24-19(26)21(23-20(24)27)12-4-3-6-14-5-1-2-7-17(14)21/h1-2,5,7-11H,3-4,6,12-13H2,(H,23,27)/t21-/m1/s1. The number of ketones is 1. The van der Waals surface area contributed by atoms with E-state index in [2.05, 4.69) is 5.32 Å². The van der Waals surface area contributed by atoms with Gasteiger partial charge in [-0.1, -0.05) is 24.3 Å². The van der Waals surface area contributed by atoms with Crippen molar-refractivity contribution in [2.75, 3.05) is 6.54 Å². The molecule has 1 spiro atoms. The van der Waals surface area contributed by atoms with Crippen LogP contribution in [0.15, 0.2) is 48.5 Å². The van der Waals surface area contributed by atoms with E-state index in [9.17, 15) is 18.8 Å². The van der Waals surface area contributed by atoms with Crippen LogP contribution in [0.5, 0.6) is 0 Å². The number of aryl methyl sites for hydroxylation is 1. The molecule has 1 saturated heterocycles. The molecule has 1 fully saturated rings. The van der Waals surface area contributed by atoms with Crippen molar-refractivity contribution in [3.63, 3.8) is 0 Å². The van der Waals surface area contributed by atoms with Crippen molar-refractivity contribution in [3.05, 3.63) is 71.0 Å². The number of halogens is 1. The van der Waals surface area contributed by atoms with Crippen LogP contribution in [0.3, 0.4) is 0 Å². The molecule has 138 valence electrons. The van der Waals surface area contributed by atoms with Crippen LogP contribution in [0.2, 0.25) is 0 Å². The summed E-state index contributed by atoms with van der Waals surface area (Å²) >= 11 is 0. The fraction of sp³-hybridized carbons (Fsp3) is 0.286. The Morgan fingerprint density at radius 1 is 1.07 bits per heavy atom. The smallest absolute Gasteiger partial charge is 0.319 e. The minimum Gasteiger partial charge on any atom is -0.319 e. The van der Waals surface area contributed by atoms with Gasteiger partial charge in [0.2, 0.25) is 0 Å². The molecule has 0 saturated carbocycles. The van der Waals surface area contributed by atoms with E-state index < -0.39 is 29.1 Å². The molecule has 5 nitrogen and oxygen atoms in total. The molecule has 1 aliphatic heterocycles. The van der Waals surface area contributed by atoms with E-state index >= 15 is 0 Å². The lowest BCUT2D eigenvalue weighted by atomic mass is 9.84. The maximum Gasteiger partial charge on any atom is 0.325 e. The van der Waals surface area contributed by atoms with E-state index in [1.54, 1.807) is 0 Å². The Morgan fingerprint density at radius 2 is 1.81 bits per heavy atom. The van der Waals surface area contributed by atoms with Crippen LogP contribution >= 0.6 is 0 Å². The second-order valence-electron chi connectivity index (χ2n) is 7.02. The monoisotopic (exact) mass is 366 g/mol. The van der Waals surface area contributed by atoms with E-state index in [4.69, 9.17) is 0 Å². The van der Waals surface area contributed by atoms with E-state index in [0.717, 1.165) is 35.3 Å². The lowest BCUT2D eigenvalue weighted by Crippen LogP contribution is -2.44. The molecular weight excluding hydrogens is 347 g/mol. The van der Waals surface area contributed by atoms with Crippen LogP contribution in [0, 0.1) is 5.82 Å². The molecule has 2 aromatic rings. The van der Waals surface area contributed by atoms with Crippen LogP contribution in [0.1, 0.15) is 40.7 Å². The molecule has 0 aromatic heterocycles. The van der Waals surface area contributed by atoms with Crippen LogP contribution in [-0.2, 0) is 16.8 Å². The van der Waals surface area contributed by atoms with Crippen molar-refractivity contribution in [3.8, 4) is 0 Å². The number of urea groups is 1. The number of hydrogen-bond donors (Lipinski definition) is 1. The average molecular weight is 366 g/mol. The number of nitrogens with zero attached hydrogens (tertiary/aromatic N) is 1. The van der Waals surface area contributed by atoms with Gasteiger partial charge in [0.25, 0.3) is 5.91 Å². The Labute approximate surface area is 156 Å². The van der Waals surface area contributed by atoms with Gasteiger partial charge in [-0.25, -0.2) is 9.18 Å². The lowest BCUT2D eigenvalue weighted by molar-refractivity contribution is -0.131. The molecule has 2 aliphatic rings. The first kappa shape index (κ1) is 17.4. The summed E-state index contributed by atoms with van der Waals surface area (Å²) in [5, 5.41) is 2.86. The van der Waals surface area contributed by atoms with Gasteiger partial charge in [0, 0.05) is 5.56 Å². The van der Waals surface area contributed by atoms with Gasteiger partial charge in [0.15, 0.2) is 5.78 Å². The molecule has 0 unspecified atom stereocenters. The number of benzene rings is 2. The Kier molecular flexibility index (Phi) is 4.26. The molecule has 1 atom stereocenters. The lowest BCUT2D eigenvalue weighted by Gasteiger charge is -2.27. The molecule has 4 rings (SSSR count). The second kappa shape index (κ2) is 6.61. The van der Waals surface area contributed by atoms with Gasteiger partial charge in [-0.05, 0) is 61.1 Å². The summed E-state index contributed by atoms with van der Waals surface area (Å²) in [5.74, 6) is -1.25. The van der Waals surface area contributed by atoms with Gasteiger partial charge in [-0.2, -0.15) is 0 Å². The average Bonchev–Trinajstić information content (AvgIpc) is 2.82. The van der Waals surface area contributed by atoms with Crippen molar-refractivity contribution in [1.82, 2.24) is 10.2 Å². The summed E-state index contributed by atoms with van der Waals surface area (Å²) in [6.45, 7) is -0.361. The highest BCUT2D eigenvalue weighted by molar-refractivity contribution is 6.11. The number of nitrogens with one attached hydrogen (secondary N) is 1. The number of imide groups is 1. The summed E-state index contributed by atoms with van der Waals surface area (Å²) in [5.41, 5.74) is 1.03. The summed E-state index contributed by atoms with van der Waals surface area (Å²) in [7, 11) is 0. The molecule has 0 radical (unpaired) electrons. The normalized spacial score (nSPS) is 21.7. The van der Waals surface area contributed by atoms with Crippen LogP contribution in [0.25, 0.3) is 0 Å². The SMILES string of the molecule is O=C(CN1C(=O)N[C@@]2(CCCCc3ccccc32)C1=O)c1ccc(F)cc1. The number of carbonyl (C=O) groups excluding carboxylic acids is 3. The zero-order chi connectivity index (χ0) is 19.0. The van der Waals surface area contributed by atoms with Gasteiger partial charge >= 0.3 is 6.03 Å². The number of amides is 3. The summed E-state index contributed by atoms with van der Waals surface area (Å²) in [4.78, 5) is 39.3. The molecule has 6 heteroatoms. The molecule has 0 bridgehead atoms. The number of hydrogen-bond acceptors (Lipinski definition) is 3. The fourth-order valence-electron chi connectivity index (χ4n) is 3.99. The topological polar surface area (TPSA) is 66.5 Å². The van der Waals surface area contributed by atoms with Crippen LogP contribution < -0.4 is 5.32 Å². The first-order valence-electron chi connectivity index (χ1n) is 9.02. The molecule has 3 amide bonds. The fourth-order valence-corrected chi connectivity index (χ4v) is 3.99. The molecule has 1 aliphatic carbocycles. The Balaban J connectivity index is 1.64. The molecule has 2 aromatic carbocycles. The van der Waals surface area contributed by atoms with Crippen molar-refractivity contribution < 1.29 is 18.8 Å². The summed E-state index contributed by atoms with van der Waals surface area (Å²) in [6, 6.07) is 12.2. The van der Waals surface area contributed by atoms with E-state index in [1.807, 2.05) is 24.3 Å². The van der Waals surface area contributed by atoms with E-state index in [1.165, 1.54) is 24.3 Å².